The summed E-state index contributed by atoms with van der Waals surface area (Å²) in [5.74, 6) is 0. The lowest BCUT2D eigenvalue weighted by Gasteiger charge is -2.29. The molecule has 0 saturated carbocycles. The van der Waals surface area contributed by atoms with Crippen molar-refractivity contribution in [2.45, 2.75) is 29.5 Å². The molecule has 0 amide bonds. The first-order valence-corrected chi connectivity index (χ1v) is 7.93. The van der Waals surface area contributed by atoms with E-state index >= 15 is 0 Å². The number of hydrogen-bond donors (Lipinski definition) is 0. The summed E-state index contributed by atoms with van der Waals surface area (Å²) in [5.41, 5.74) is 0. The lowest BCUT2D eigenvalue weighted by Crippen LogP contribution is -2.30. The highest BCUT2D eigenvalue weighted by Crippen LogP contribution is 2.35. The molecule has 0 aliphatic rings. The standard InChI is InChI=1S/C5H14Cl2Si2/c1-5(8,4(6)7)9(2)3/h4,9H,1-3,8H3. The average molecular weight is 201 g/mol. The number of alkyl halides is 2. The van der Waals surface area contributed by atoms with Crippen LogP contribution < -0.4 is 0 Å². The predicted molar refractivity (Wildman–Crippen MR) is 52.7 cm³/mol. The fourth-order valence-corrected chi connectivity index (χ4v) is 2.27. The molecule has 1 unspecified atom stereocenters. The lowest BCUT2D eigenvalue weighted by atomic mass is 10.5. The molecule has 0 aromatic rings. The van der Waals surface area contributed by atoms with Gasteiger partial charge in [0, 0.05) is 19.0 Å². The van der Waals surface area contributed by atoms with E-state index in [0.717, 1.165) is 10.2 Å². The zero-order valence-electron chi connectivity index (χ0n) is 6.41. The second kappa shape index (κ2) is 3.42. The molecule has 0 aromatic carbocycles. The van der Waals surface area contributed by atoms with Gasteiger partial charge in [0.15, 0.2) is 0 Å². The first-order chi connectivity index (χ1) is 3.89. The highest BCUT2D eigenvalue weighted by atomic mass is 35.5. The van der Waals surface area contributed by atoms with E-state index < -0.39 is 8.80 Å². The van der Waals surface area contributed by atoms with Crippen LogP contribution in [0.5, 0.6) is 0 Å². The minimum atomic E-state index is -0.640. The summed E-state index contributed by atoms with van der Waals surface area (Å²) in [4.78, 5) is -0.143. The van der Waals surface area contributed by atoms with Gasteiger partial charge >= 0.3 is 0 Å². The highest BCUT2D eigenvalue weighted by Gasteiger charge is 2.29. The normalized spacial score (nSPS) is 19.0. The van der Waals surface area contributed by atoms with E-state index in [1.165, 1.54) is 0 Å². The maximum absolute atomic E-state index is 5.80. The van der Waals surface area contributed by atoms with Gasteiger partial charge < -0.3 is 0 Å². The first kappa shape index (κ1) is 10.0. The van der Waals surface area contributed by atoms with Crippen molar-refractivity contribution in [2.75, 3.05) is 0 Å². The van der Waals surface area contributed by atoms with Crippen molar-refractivity contribution in [1.29, 1.82) is 0 Å². The summed E-state index contributed by atoms with van der Waals surface area (Å²) in [7, 11) is 0.475. The molecule has 0 aliphatic carbocycles. The Labute approximate surface area is 72.0 Å². The van der Waals surface area contributed by atoms with E-state index in [-0.39, 0.29) is 4.84 Å². The van der Waals surface area contributed by atoms with Gasteiger partial charge in [0.1, 0.15) is 4.84 Å². The zero-order valence-corrected chi connectivity index (χ0v) is 11.1. The molecule has 9 heavy (non-hydrogen) atoms. The molecule has 0 aromatic heterocycles. The molecule has 4 heteroatoms. The first-order valence-electron chi connectivity index (χ1n) is 3.17. The highest BCUT2D eigenvalue weighted by molar-refractivity contribution is 6.72. The van der Waals surface area contributed by atoms with Gasteiger partial charge in [-0.15, -0.1) is 23.2 Å². The van der Waals surface area contributed by atoms with Gasteiger partial charge in [-0.3, -0.25) is 0 Å². The summed E-state index contributed by atoms with van der Waals surface area (Å²) in [5, 5.41) is 0. The molecular weight excluding hydrogens is 187 g/mol. The second-order valence-corrected chi connectivity index (χ2v) is 11.5. The van der Waals surface area contributed by atoms with Gasteiger partial charge in [0.05, 0.1) is 0 Å². The van der Waals surface area contributed by atoms with Crippen molar-refractivity contribution in [3.63, 3.8) is 0 Å². The van der Waals surface area contributed by atoms with Gasteiger partial charge in [0.2, 0.25) is 0 Å². The largest absolute Gasteiger partial charge is 0.107 e. The number of halogens is 2. The molecule has 0 radical (unpaired) electrons. The van der Waals surface area contributed by atoms with Gasteiger partial charge in [-0.2, -0.15) is 0 Å². The van der Waals surface area contributed by atoms with E-state index in [1.807, 2.05) is 0 Å². The van der Waals surface area contributed by atoms with E-state index in [1.54, 1.807) is 0 Å². The molecule has 56 valence electrons. The summed E-state index contributed by atoms with van der Waals surface area (Å²) in [6, 6.07) is 0. The van der Waals surface area contributed by atoms with E-state index in [9.17, 15) is 0 Å². The summed E-state index contributed by atoms with van der Waals surface area (Å²) in [6.45, 7) is 6.79. The smallest absolute Gasteiger partial charge is 0.105 e. The molecule has 0 nitrogen and oxygen atoms in total. The third-order valence-electron chi connectivity index (χ3n) is 2.05. The average Bonchev–Trinajstić information content (AvgIpc) is 1.65. The van der Waals surface area contributed by atoms with Gasteiger partial charge in [-0.1, -0.05) is 20.0 Å². The molecule has 0 aliphatic heterocycles. The molecule has 0 saturated heterocycles. The Morgan fingerprint density at radius 1 is 1.44 bits per heavy atom. The third-order valence-corrected chi connectivity index (χ3v) is 11.7. The van der Waals surface area contributed by atoms with Crippen molar-refractivity contribution < 1.29 is 0 Å². The van der Waals surface area contributed by atoms with Gasteiger partial charge in [-0.05, 0) is 4.66 Å². The van der Waals surface area contributed by atoms with Crippen LogP contribution in [0.1, 0.15) is 6.92 Å². The van der Waals surface area contributed by atoms with E-state index in [4.69, 9.17) is 23.2 Å². The van der Waals surface area contributed by atoms with Crippen LogP contribution in [-0.2, 0) is 0 Å². The molecule has 0 rings (SSSR count). The third kappa shape index (κ3) is 2.62. The maximum atomic E-state index is 5.80. The molecule has 0 bridgehead atoms. The van der Waals surface area contributed by atoms with Crippen molar-refractivity contribution in [2.24, 2.45) is 0 Å². The molecular formula is C5H14Cl2Si2. The number of hydrogen-bond acceptors (Lipinski definition) is 0. The van der Waals surface area contributed by atoms with Crippen LogP contribution in [0, 0.1) is 0 Å². The van der Waals surface area contributed by atoms with Gasteiger partial charge in [-0.25, -0.2) is 0 Å². The van der Waals surface area contributed by atoms with Crippen LogP contribution in [0.4, 0.5) is 0 Å². The minimum absolute atomic E-state index is 0.143. The quantitative estimate of drug-likeness (QED) is 0.467. The van der Waals surface area contributed by atoms with Crippen LogP contribution >= 0.6 is 23.2 Å². The molecule has 0 fully saturated rings. The number of rotatable bonds is 2. The fourth-order valence-electron chi connectivity index (χ4n) is 0.252. The van der Waals surface area contributed by atoms with Gasteiger partial charge in [0.25, 0.3) is 0 Å². The summed E-state index contributed by atoms with van der Waals surface area (Å²) < 4.78 is 0.309. The topological polar surface area (TPSA) is 0 Å². The molecule has 0 N–H and O–H groups in total. The van der Waals surface area contributed by atoms with Crippen LogP contribution in [-0.4, -0.2) is 23.9 Å². The second-order valence-electron chi connectivity index (χ2n) is 3.28. The van der Waals surface area contributed by atoms with Crippen LogP contribution in [0.3, 0.4) is 0 Å². The minimum Gasteiger partial charge on any atom is -0.105 e. The van der Waals surface area contributed by atoms with Crippen molar-refractivity contribution in [3.05, 3.63) is 0 Å². The van der Waals surface area contributed by atoms with E-state index in [0.29, 0.717) is 4.66 Å². The van der Waals surface area contributed by atoms with Crippen molar-refractivity contribution >= 4 is 42.2 Å². The zero-order chi connectivity index (χ0) is 7.65. The van der Waals surface area contributed by atoms with Crippen LogP contribution in [0.15, 0.2) is 0 Å². The van der Waals surface area contributed by atoms with Crippen LogP contribution in [0.2, 0.25) is 17.8 Å². The Morgan fingerprint density at radius 2 is 1.78 bits per heavy atom. The maximum Gasteiger partial charge on any atom is 0.107 e. The summed E-state index contributed by atoms with van der Waals surface area (Å²) in [6.07, 6.45) is 0. The Bertz CT molecular complexity index is 81.0. The Morgan fingerprint density at radius 3 is 1.78 bits per heavy atom. The lowest BCUT2D eigenvalue weighted by molar-refractivity contribution is 0.899. The monoisotopic (exact) mass is 200 g/mol. The van der Waals surface area contributed by atoms with Crippen LogP contribution in [0.25, 0.3) is 0 Å². The summed E-state index contributed by atoms with van der Waals surface area (Å²) >= 11 is 11.6. The fraction of sp³-hybridized carbons (Fsp3) is 1.00. The molecule has 0 spiro atoms. The van der Waals surface area contributed by atoms with Crippen molar-refractivity contribution in [1.82, 2.24) is 0 Å². The Hall–Kier alpha value is 1.01. The SMILES string of the molecule is C[SiH](C)C(C)([SiH3])C(Cl)Cl. The Kier molecular flexibility index (Phi) is 3.80. The van der Waals surface area contributed by atoms with E-state index in [2.05, 4.69) is 20.0 Å². The predicted octanol–water partition coefficient (Wildman–Crippen LogP) is 1.36. The molecule has 0 heterocycles. The molecule has 1 atom stereocenters. The Balaban J connectivity index is 4.01. The van der Waals surface area contributed by atoms with Crippen molar-refractivity contribution in [3.8, 4) is 0 Å².